The standard InChI is InChI=1S/C15H10BrF2N3O2S/c16-12-7(3-4-19-14(12)23)5-11(22)20-8-1-2-9-10(6-8)24-15(21-9)13(17)18/h1-4,6,13H,5H2,(H,19,23)(H,20,22). The largest absolute Gasteiger partial charge is 0.328 e. The highest BCUT2D eigenvalue weighted by Crippen LogP contribution is 2.30. The number of carbonyl (C=O) groups excluding carboxylic acids is 1. The summed E-state index contributed by atoms with van der Waals surface area (Å²) < 4.78 is 26.2. The van der Waals surface area contributed by atoms with Crippen LogP contribution in [0.1, 0.15) is 17.0 Å². The molecule has 0 fully saturated rings. The molecule has 0 saturated heterocycles. The number of aromatic nitrogens is 2. The lowest BCUT2D eigenvalue weighted by Crippen LogP contribution is -2.17. The third-order valence-electron chi connectivity index (χ3n) is 3.21. The van der Waals surface area contributed by atoms with Crippen molar-refractivity contribution >= 4 is 49.1 Å². The Morgan fingerprint density at radius 3 is 2.92 bits per heavy atom. The van der Waals surface area contributed by atoms with Gasteiger partial charge >= 0.3 is 0 Å². The van der Waals surface area contributed by atoms with Crippen molar-refractivity contribution < 1.29 is 13.6 Å². The van der Waals surface area contributed by atoms with Crippen LogP contribution >= 0.6 is 27.3 Å². The number of thiazole rings is 1. The minimum Gasteiger partial charge on any atom is -0.328 e. The Morgan fingerprint density at radius 1 is 1.38 bits per heavy atom. The average molecular weight is 414 g/mol. The van der Waals surface area contributed by atoms with E-state index in [-0.39, 0.29) is 22.9 Å². The van der Waals surface area contributed by atoms with Crippen molar-refractivity contribution in [2.45, 2.75) is 12.8 Å². The number of nitrogens with zero attached hydrogens (tertiary/aromatic N) is 1. The van der Waals surface area contributed by atoms with Gasteiger partial charge in [-0.15, -0.1) is 11.3 Å². The van der Waals surface area contributed by atoms with Gasteiger partial charge in [-0.2, -0.15) is 0 Å². The van der Waals surface area contributed by atoms with Crippen LogP contribution in [0.2, 0.25) is 0 Å². The van der Waals surface area contributed by atoms with Crippen molar-refractivity contribution in [1.29, 1.82) is 0 Å². The quantitative estimate of drug-likeness (QED) is 0.681. The molecule has 0 unspecified atom stereocenters. The summed E-state index contributed by atoms with van der Waals surface area (Å²) in [6.45, 7) is 0. The van der Waals surface area contributed by atoms with Crippen LogP contribution in [0.3, 0.4) is 0 Å². The number of hydrogen-bond donors (Lipinski definition) is 2. The van der Waals surface area contributed by atoms with Gasteiger partial charge in [-0.1, -0.05) is 0 Å². The molecular weight excluding hydrogens is 404 g/mol. The average Bonchev–Trinajstić information content (AvgIpc) is 2.95. The van der Waals surface area contributed by atoms with Crippen molar-refractivity contribution in [2.75, 3.05) is 5.32 Å². The van der Waals surface area contributed by atoms with Crippen molar-refractivity contribution in [3.05, 3.63) is 55.9 Å². The first kappa shape index (κ1) is 16.7. The third kappa shape index (κ3) is 3.51. The second kappa shape index (κ2) is 6.78. The highest BCUT2D eigenvalue weighted by molar-refractivity contribution is 9.10. The number of anilines is 1. The zero-order valence-electron chi connectivity index (χ0n) is 12.0. The Hall–Kier alpha value is -2.13. The van der Waals surface area contributed by atoms with Crippen molar-refractivity contribution in [1.82, 2.24) is 9.97 Å². The van der Waals surface area contributed by atoms with E-state index < -0.39 is 6.43 Å². The summed E-state index contributed by atoms with van der Waals surface area (Å²) in [5.74, 6) is -0.320. The molecule has 0 bridgehead atoms. The Morgan fingerprint density at radius 2 is 2.17 bits per heavy atom. The van der Waals surface area contributed by atoms with Gasteiger partial charge in [0.2, 0.25) is 5.91 Å². The number of alkyl halides is 2. The SMILES string of the molecule is O=C(Cc1cc[nH]c(=O)c1Br)Nc1ccc2nc(C(F)F)sc2c1. The first-order valence-electron chi connectivity index (χ1n) is 6.78. The fourth-order valence-corrected chi connectivity index (χ4v) is 3.38. The Bertz CT molecular complexity index is 971. The van der Waals surface area contributed by atoms with E-state index in [1.165, 1.54) is 6.20 Å². The van der Waals surface area contributed by atoms with Crippen LogP contribution in [0, 0.1) is 0 Å². The molecule has 5 nitrogen and oxygen atoms in total. The number of rotatable bonds is 4. The van der Waals surface area contributed by atoms with Gasteiger partial charge in [0.25, 0.3) is 12.0 Å². The molecule has 0 spiro atoms. The summed E-state index contributed by atoms with van der Waals surface area (Å²) in [7, 11) is 0. The molecule has 0 saturated carbocycles. The molecule has 124 valence electrons. The fraction of sp³-hybridized carbons (Fsp3) is 0.133. The Labute approximate surface area is 146 Å². The molecule has 1 aromatic carbocycles. The van der Waals surface area contributed by atoms with E-state index in [4.69, 9.17) is 0 Å². The molecule has 3 rings (SSSR count). The maximum Gasteiger partial charge on any atom is 0.289 e. The van der Waals surface area contributed by atoms with Crippen LogP contribution in [0.25, 0.3) is 10.2 Å². The van der Waals surface area contributed by atoms with E-state index in [0.717, 1.165) is 11.3 Å². The Balaban J connectivity index is 1.77. The van der Waals surface area contributed by atoms with E-state index in [2.05, 4.69) is 31.2 Å². The summed E-state index contributed by atoms with van der Waals surface area (Å²) in [6, 6.07) is 6.41. The molecule has 2 N–H and O–H groups in total. The van der Waals surface area contributed by atoms with Crippen molar-refractivity contribution in [3.63, 3.8) is 0 Å². The molecule has 0 aliphatic heterocycles. The zero-order valence-corrected chi connectivity index (χ0v) is 14.4. The second-order valence-corrected chi connectivity index (χ2v) is 6.76. The molecule has 3 aromatic rings. The number of benzene rings is 1. The minimum atomic E-state index is -2.62. The summed E-state index contributed by atoms with van der Waals surface area (Å²) in [5, 5.41) is 2.44. The molecule has 9 heteroatoms. The fourth-order valence-electron chi connectivity index (χ4n) is 2.13. The van der Waals surface area contributed by atoms with E-state index in [0.29, 0.717) is 25.9 Å². The summed E-state index contributed by atoms with van der Waals surface area (Å²) in [6.07, 6.45) is -1.15. The van der Waals surface area contributed by atoms with E-state index >= 15 is 0 Å². The number of aromatic amines is 1. The number of hydrogen-bond acceptors (Lipinski definition) is 4. The lowest BCUT2D eigenvalue weighted by Gasteiger charge is -2.06. The zero-order chi connectivity index (χ0) is 17.3. The van der Waals surface area contributed by atoms with Gasteiger partial charge in [0.05, 0.1) is 21.1 Å². The number of H-pyrrole nitrogens is 1. The molecule has 0 radical (unpaired) electrons. The second-order valence-electron chi connectivity index (χ2n) is 4.91. The predicted octanol–water partition coefficient (Wildman–Crippen LogP) is 3.87. The van der Waals surface area contributed by atoms with E-state index in [1.54, 1.807) is 24.3 Å². The topological polar surface area (TPSA) is 74.8 Å². The van der Waals surface area contributed by atoms with Gasteiger partial charge in [0.15, 0.2) is 5.01 Å². The van der Waals surface area contributed by atoms with Gasteiger partial charge in [-0.3, -0.25) is 9.59 Å². The van der Waals surface area contributed by atoms with Crippen molar-refractivity contribution in [2.24, 2.45) is 0 Å². The molecule has 2 heterocycles. The van der Waals surface area contributed by atoms with Gasteiger partial charge in [-0.05, 0) is 45.8 Å². The molecule has 0 aliphatic rings. The van der Waals surface area contributed by atoms with Gasteiger partial charge in [-0.25, -0.2) is 13.8 Å². The number of fused-ring (bicyclic) bond motifs is 1. The maximum absolute atomic E-state index is 12.7. The number of nitrogens with one attached hydrogen (secondary N) is 2. The predicted molar refractivity (Wildman–Crippen MR) is 91.7 cm³/mol. The van der Waals surface area contributed by atoms with Crippen LogP contribution < -0.4 is 10.9 Å². The monoisotopic (exact) mass is 413 g/mol. The van der Waals surface area contributed by atoms with Crippen LogP contribution in [0.4, 0.5) is 14.5 Å². The minimum absolute atomic E-state index is 0.00746. The van der Waals surface area contributed by atoms with Gasteiger partial charge in [0, 0.05) is 11.9 Å². The van der Waals surface area contributed by atoms with Crippen molar-refractivity contribution in [3.8, 4) is 0 Å². The molecule has 2 aromatic heterocycles. The maximum atomic E-state index is 12.7. The molecule has 1 amide bonds. The number of amides is 1. The van der Waals surface area contributed by atoms with E-state index in [9.17, 15) is 18.4 Å². The first-order valence-corrected chi connectivity index (χ1v) is 8.39. The first-order chi connectivity index (χ1) is 11.4. The van der Waals surface area contributed by atoms with E-state index in [1.807, 2.05) is 0 Å². The summed E-state index contributed by atoms with van der Waals surface area (Å²) in [4.78, 5) is 29.9. The molecule has 24 heavy (non-hydrogen) atoms. The smallest absolute Gasteiger partial charge is 0.289 e. The molecular formula is C15H10BrF2N3O2S. The lowest BCUT2D eigenvalue weighted by molar-refractivity contribution is -0.115. The summed E-state index contributed by atoms with van der Waals surface area (Å²) >= 11 is 4.03. The Kier molecular flexibility index (Phi) is 4.72. The normalized spacial score (nSPS) is 11.2. The van der Waals surface area contributed by atoms with Crippen LogP contribution in [-0.4, -0.2) is 15.9 Å². The molecule has 0 atom stereocenters. The highest BCUT2D eigenvalue weighted by Gasteiger charge is 2.14. The highest BCUT2D eigenvalue weighted by atomic mass is 79.9. The number of halogens is 3. The summed E-state index contributed by atoms with van der Waals surface area (Å²) in [5.41, 5.74) is 1.18. The van der Waals surface area contributed by atoms with Crippen LogP contribution in [-0.2, 0) is 11.2 Å². The van der Waals surface area contributed by atoms with Gasteiger partial charge in [0.1, 0.15) is 0 Å². The lowest BCUT2D eigenvalue weighted by atomic mass is 10.2. The third-order valence-corrected chi connectivity index (χ3v) is 5.10. The number of carbonyl (C=O) groups is 1. The van der Waals surface area contributed by atoms with Gasteiger partial charge < -0.3 is 10.3 Å². The van der Waals surface area contributed by atoms with Crippen LogP contribution in [0.15, 0.2) is 39.7 Å². The van der Waals surface area contributed by atoms with Crippen LogP contribution in [0.5, 0.6) is 0 Å². The molecule has 0 aliphatic carbocycles. The number of pyridine rings is 1.